The van der Waals surface area contributed by atoms with Gasteiger partial charge in [-0.3, -0.25) is 19.3 Å². The summed E-state index contributed by atoms with van der Waals surface area (Å²) < 4.78 is 1.65. The van der Waals surface area contributed by atoms with Crippen molar-refractivity contribution in [3.63, 3.8) is 0 Å². The third-order valence-electron chi connectivity index (χ3n) is 4.53. The number of carbonyl (C=O) groups is 1. The molecule has 7 nitrogen and oxygen atoms in total. The highest BCUT2D eigenvalue weighted by atomic mass is 32.2. The molecule has 1 aliphatic heterocycles. The number of aromatic nitrogens is 4. The number of H-pyrrole nitrogens is 1. The molecule has 1 amide bonds. The Morgan fingerprint density at radius 3 is 3.00 bits per heavy atom. The van der Waals surface area contributed by atoms with Crippen LogP contribution in [-0.4, -0.2) is 38.0 Å². The van der Waals surface area contributed by atoms with Crippen LogP contribution in [-0.2, 0) is 4.79 Å². The fraction of sp³-hybridized carbons (Fsp3) is 0.647. The van der Waals surface area contributed by atoms with Gasteiger partial charge in [0.2, 0.25) is 5.91 Å². The standard InChI is InChI=1S/C17H25N5O2S/c1-2-3-4-5-6-7-8-18-14(23)9-12-11-25-17-20-15-13(10-19-21-15)16(24)22(12)17/h10,12H,2-9,11H2,1H3,(H,18,23)(H,19,21). The predicted molar refractivity (Wildman–Crippen MR) is 98.9 cm³/mol. The van der Waals surface area contributed by atoms with Crippen molar-refractivity contribution in [3.05, 3.63) is 16.6 Å². The van der Waals surface area contributed by atoms with Crippen LogP contribution < -0.4 is 10.9 Å². The minimum atomic E-state index is -0.135. The lowest BCUT2D eigenvalue weighted by atomic mass is 10.1. The summed E-state index contributed by atoms with van der Waals surface area (Å²) in [6.45, 7) is 2.92. The SMILES string of the molecule is CCCCCCCCNC(=O)CC1CSc2nc3[nH]ncc3c(=O)n21. The van der Waals surface area contributed by atoms with Gasteiger partial charge in [0.05, 0.1) is 12.2 Å². The molecule has 25 heavy (non-hydrogen) atoms. The largest absolute Gasteiger partial charge is 0.356 e. The number of hydrogen-bond acceptors (Lipinski definition) is 5. The molecular formula is C17H25N5O2S. The Labute approximate surface area is 151 Å². The molecule has 3 heterocycles. The number of fused-ring (bicyclic) bond motifs is 2. The van der Waals surface area contributed by atoms with Crippen LogP contribution in [0, 0.1) is 0 Å². The lowest BCUT2D eigenvalue weighted by Gasteiger charge is -2.13. The number of amides is 1. The Kier molecular flexibility index (Phi) is 6.12. The van der Waals surface area contributed by atoms with E-state index in [2.05, 4.69) is 27.4 Å². The first-order chi connectivity index (χ1) is 12.2. The quantitative estimate of drug-likeness (QED) is 0.528. The monoisotopic (exact) mass is 363 g/mol. The number of aromatic amines is 1. The first kappa shape index (κ1) is 18.0. The van der Waals surface area contributed by atoms with Gasteiger partial charge in [-0.25, -0.2) is 4.98 Å². The van der Waals surface area contributed by atoms with Crippen molar-refractivity contribution in [2.45, 2.75) is 63.1 Å². The number of hydrogen-bond donors (Lipinski definition) is 2. The Morgan fingerprint density at radius 2 is 2.16 bits per heavy atom. The zero-order valence-corrected chi connectivity index (χ0v) is 15.4. The molecule has 2 aromatic rings. The topological polar surface area (TPSA) is 92.7 Å². The van der Waals surface area contributed by atoms with E-state index < -0.39 is 0 Å². The summed E-state index contributed by atoms with van der Waals surface area (Å²) in [5.74, 6) is 0.707. The van der Waals surface area contributed by atoms with Gasteiger partial charge in [0.1, 0.15) is 5.39 Å². The maximum Gasteiger partial charge on any atom is 0.265 e. The third-order valence-corrected chi connectivity index (χ3v) is 5.62. The van der Waals surface area contributed by atoms with Crippen LogP contribution >= 0.6 is 11.8 Å². The Balaban J connectivity index is 1.50. The number of nitrogens with one attached hydrogen (secondary N) is 2. The molecule has 1 aliphatic rings. The van der Waals surface area contributed by atoms with Crippen LogP contribution in [0.5, 0.6) is 0 Å². The highest BCUT2D eigenvalue weighted by Gasteiger charge is 2.28. The molecule has 8 heteroatoms. The Bertz CT molecular complexity index is 785. The van der Waals surface area contributed by atoms with Crippen LogP contribution in [0.1, 0.15) is 57.9 Å². The lowest BCUT2D eigenvalue weighted by Crippen LogP contribution is -2.31. The molecule has 0 spiro atoms. The van der Waals surface area contributed by atoms with Crippen LogP contribution in [0.2, 0.25) is 0 Å². The van der Waals surface area contributed by atoms with Crippen molar-refractivity contribution < 1.29 is 4.79 Å². The molecule has 1 unspecified atom stereocenters. The molecule has 0 aromatic carbocycles. The maximum absolute atomic E-state index is 12.6. The van der Waals surface area contributed by atoms with Crippen molar-refractivity contribution in [3.8, 4) is 0 Å². The summed E-state index contributed by atoms with van der Waals surface area (Å²) in [6.07, 6.45) is 9.04. The zero-order valence-electron chi connectivity index (χ0n) is 14.6. The van der Waals surface area contributed by atoms with E-state index in [4.69, 9.17) is 0 Å². The van der Waals surface area contributed by atoms with Crippen molar-refractivity contribution in [1.82, 2.24) is 25.1 Å². The molecular weight excluding hydrogens is 338 g/mol. The van der Waals surface area contributed by atoms with Crippen molar-refractivity contribution in [1.29, 1.82) is 0 Å². The molecule has 1 atom stereocenters. The van der Waals surface area contributed by atoms with E-state index in [-0.39, 0.29) is 17.5 Å². The van der Waals surface area contributed by atoms with E-state index in [0.717, 1.165) is 12.8 Å². The number of thioether (sulfide) groups is 1. The van der Waals surface area contributed by atoms with Crippen molar-refractivity contribution >= 4 is 28.7 Å². The van der Waals surface area contributed by atoms with Crippen LogP contribution in [0.15, 0.2) is 16.1 Å². The summed E-state index contributed by atoms with van der Waals surface area (Å²) >= 11 is 1.51. The van der Waals surface area contributed by atoms with Gasteiger partial charge in [-0.2, -0.15) is 5.10 Å². The normalized spacial score (nSPS) is 16.3. The van der Waals surface area contributed by atoms with Crippen LogP contribution in [0.25, 0.3) is 11.0 Å². The average Bonchev–Trinajstić information content (AvgIpc) is 3.22. The Morgan fingerprint density at radius 1 is 1.36 bits per heavy atom. The van der Waals surface area contributed by atoms with Crippen LogP contribution in [0.3, 0.4) is 0 Å². The first-order valence-electron chi connectivity index (χ1n) is 9.05. The van der Waals surface area contributed by atoms with E-state index in [1.165, 1.54) is 43.6 Å². The smallest absolute Gasteiger partial charge is 0.265 e. The first-order valence-corrected chi connectivity index (χ1v) is 10.0. The molecule has 0 fully saturated rings. The van der Waals surface area contributed by atoms with Gasteiger partial charge in [-0.05, 0) is 6.42 Å². The minimum Gasteiger partial charge on any atom is -0.356 e. The fourth-order valence-corrected chi connectivity index (χ4v) is 4.26. The van der Waals surface area contributed by atoms with Gasteiger partial charge >= 0.3 is 0 Å². The van der Waals surface area contributed by atoms with Gasteiger partial charge in [0.15, 0.2) is 10.8 Å². The summed E-state index contributed by atoms with van der Waals surface area (Å²) in [5, 5.41) is 10.7. The predicted octanol–water partition coefficient (Wildman–Crippen LogP) is 2.63. The van der Waals surface area contributed by atoms with Gasteiger partial charge in [-0.1, -0.05) is 50.8 Å². The minimum absolute atomic E-state index is 0.00574. The highest BCUT2D eigenvalue weighted by molar-refractivity contribution is 7.99. The van der Waals surface area contributed by atoms with Crippen molar-refractivity contribution in [2.24, 2.45) is 0 Å². The second-order valence-corrected chi connectivity index (χ2v) is 7.48. The highest BCUT2D eigenvalue weighted by Crippen LogP contribution is 2.32. The van der Waals surface area contributed by atoms with Gasteiger partial charge in [0.25, 0.3) is 5.56 Å². The second-order valence-electron chi connectivity index (χ2n) is 6.49. The van der Waals surface area contributed by atoms with E-state index in [0.29, 0.717) is 34.9 Å². The number of unbranched alkanes of at least 4 members (excludes halogenated alkanes) is 5. The fourth-order valence-electron chi connectivity index (χ4n) is 3.13. The molecule has 3 rings (SSSR count). The number of nitrogens with zero attached hydrogens (tertiary/aromatic N) is 3. The maximum atomic E-state index is 12.6. The van der Waals surface area contributed by atoms with E-state index in [9.17, 15) is 9.59 Å². The Hall–Kier alpha value is -1.83. The number of rotatable bonds is 9. The third kappa shape index (κ3) is 4.23. The van der Waals surface area contributed by atoms with E-state index >= 15 is 0 Å². The molecule has 0 saturated heterocycles. The summed E-state index contributed by atoms with van der Waals surface area (Å²) in [6, 6.07) is -0.135. The average molecular weight is 363 g/mol. The molecule has 0 radical (unpaired) electrons. The zero-order chi connectivity index (χ0) is 17.6. The summed E-state index contributed by atoms with van der Waals surface area (Å²) in [5.41, 5.74) is 0.393. The summed E-state index contributed by atoms with van der Waals surface area (Å²) in [4.78, 5) is 29.2. The lowest BCUT2D eigenvalue weighted by molar-refractivity contribution is -0.121. The van der Waals surface area contributed by atoms with E-state index in [1.54, 1.807) is 4.57 Å². The van der Waals surface area contributed by atoms with Gasteiger partial charge in [0, 0.05) is 18.7 Å². The van der Waals surface area contributed by atoms with Gasteiger partial charge in [-0.15, -0.1) is 0 Å². The van der Waals surface area contributed by atoms with Crippen LogP contribution in [0.4, 0.5) is 0 Å². The van der Waals surface area contributed by atoms with E-state index in [1.807, 2.05) is 0 Å². The molecule has 2 aromatic heterocycles. The summed E-state index contributed by atoms with van der Waals surface area (Å²) in [7, 11) is 0. The molecule has 0 saturated carbocycles. The second kappa shape index (κ2) is 8.51. The molecule has 0 bridgehead atoms. The molecule has 2 N–H and O–H groups in total. The number of carbonyl (C=O) groups excluding carboxylic acids is 1. The van der Waals surface area contributed by atoms with Gasteiger partial charge < -0.3 is 5.32 Å². The van der Waals surface area contributed by atoms with Crippen molar-refractivity contribution in [2.75, 3.05) is 12.3 Å². The molecule has 136 valence electrons. The molecule has 0 aliphatic carbocycles.